The molecule has 7 heteroatoms. The molecule has 0 radical (unpaired) electrons. The van der Waals surface area contributed by atoms with Crippen LogP contribution >= 0.6 is 12.4 Å². The molecule has 0 spiro atoms. The molecule has 1 amide bonds. The molecule has 0 aliphatic carbocycles. The lowest BCUT2D eigenvalue weighted by molar-refractivity contribution is 0.0689. The van der Waals surface area contributed by atoms with Crippen molar-refractivity contribution < 1.29 is 13.2 Å². The fourth-order valence-corrected chi connectivity index (χ4v) is 3.93. The Labute approximate surface area is 144 Å². The smallest absolute Gasteiger partial charge is 0.255 e. The van der Waals surface area contributed by atoms with E-state index in [1.54, 1.807) is 36.9 Å². The molecule has 1 aromatic carbocycles. The summed E-state index contributed by atoms with van der Waals surface area (Å²) < 4.78 is 24.9. The molecule has 0 unspecified atom stereocenters. The molecule has 1 heterocycles. The molecular weight excluding hydrogens is 336 g/mol. The number of likely N-dealkylation sites (tertiary alicyclic amines) is 1. The second-order valence-corrected chi connectivity index (χ2v) is 8.53. The van der Waals surface area contributed by atoms with E-state index in [-0.39, 0.29) is 28.8 Å². The third kappa shape index (κ3) is 4.25. The number of carbonyl (C=O) groups is 1. The number of hydrogen-bond acceptors (Lipinski definition) is 4. The van der Waals surface area contributed by atoms with E-state index < -0.39 is 15.1 Å². The van der Waals surface area contributed by atoms with E-state index in [1.807, 2.05) is 0 Å². The zero-order valence-corrected chi connectivity index (χ0v) is 15.2. The van der Waals surface area contributed by atoms with Crippen molar-refractivity contribution in [1.82, 2.24) is 4.90 Å². The van der Waals surface area contributed by atoms with Crippen LogP contribution < -0.4 is 5.73 Å². The Morgan fingerprint density at radius 3 is 2.35 bits per heavy atom. The van der Waals surface area contributed by atoms with Crippen LogP contribution in [0.15, 0.2) is 29.2 Å². The Morgan fingerprint density at radius 2 is 1.83 bits per heavy atom. The van der Waals surface area contributed by atoms with Crippen LogP contribution in [0.4, 0.5) is 0 Å². The molecular formula is C16H25ClN2O3S. The Morgan fingerprint density at radius 1 is 1.26 bits per heavy atom. The highest BCUT2D eigenvalue weighted by atomic mass is 35.5. The van der Waals surface area contributed by atoms with Gasteiger partial charge in [-0.3, -0.25) is 4.79 Å². The van der Waals surface area contributed by atoms with E-state index in [0.717, 1.165) is 12.8 Å². The minimum absolute atomic E-state index is 0. The van der Waals surface area contributed by atoms with Crippen molar-refractivity contribution >= 4 is 28.2 Å². The van der Waals surface area contributed by atoms with Gasteiger partial charge in [0.15, 0.2) is 9.84 Å². The molecule has 130 valence electrons. The molecule has 2 N–H and O–H groups in total. The van der Waals surface area contributed by atoms with E-state index in [1.165, 1.54) is 6.07 Å². The van der Waals surface area contributed by atoms with Crippen LogP contribution in [0.2, 0.25) is 0 Å². The van der Waals surface area contributed by atoms with Gasteiger partial charge < -0.3 is 10.6 Å². The van der Waals surface area contributed by atoms with Crippen molar-refractivity contribution in [2.75, 3.05) is 19.6 Å². The summed E-state index contributed by atoms with van der Waals surface area (Å²) in [5.74, 6) is 0.258. The highest BCUT2D eigenvalue weighted by Crippen LogP contribution is 2.24. The Bertz CT molecular complexity index is 638. The normalized spacial score (nSPS) is 16.3. The van der Waals surface area contributed by atoms with E-state index in [2.05, 4.69) is 0 Å². The van der Waals surface area contributed by atoms with E-state index in [9.17, 15) is 13.2 Å². The zero-order chi connectivity index (χ0) is 16.3. The second kappa shape index (κ2) is 8.13. The number of sulfone groups is 1. The van der Waals surface area contributed by atoms with Gasteiger partial charge in [0.05, 0.1) is 15.7 Å². The zero-order valence-electron chi connectivity index (χ0n) is 13.6. The molecule has 0 atom stereocenters. The van der Waals surface area contributed by atoms with Gasteiger partial charge in [-0.1, -0.05) is 12.1 Å². The first-order valence-corrected chi connectivity index (χ1v) is 9.24. The molecule has 5 nitrogen and oxygen atoms in total. The summed E-state index contributed by atoms with van der Waals surface area (Å²) in [7, 11) is -3.47. The lowest BCUT2D eigenvalue weighted by atomic mass is 9.96. The Kier molecular flexibility index (Phi) is 7.04. The molecule has 0 aromatic heterocycles. The van der Waals surface area contributed by atoms with Gasteiger partial charge in [-0.15, -0.1) is 12.4 Å². The minimum Gasteiger partial charge on any atom is -0.339 e. The van der Waals surface area contributed by atoms with Gasteiger partial charge in [-0.05, 0) is 51.3 Å². The first-order chi connectivity index (χ1) is 10.4. The van der Waals surface area contributed by atoms with Crippen molar-refractivity contribution in [3.63, 3.8) is 0 Å². The summed E-state index contributed by atoms with van der Waals surface area (Å²) in [5, 5.41) is -0.551. The first-order valence-electron chi connectivity index (χ1n) is 7.70. The van der Waals surface area contributed by atoms with Crippen molar-refractivity contribution in [3.8, 4) is 0 Å². The molecule has 0 saturated carbocycles. The van der Waals surface area contributed by atoms with Crippen LogP contribution in [0.5, 0.6) is 0 Å². The summed E-state index contributed by atoms with van der Waals surface area (Å²) in [6, 6.07) is 6.49. The molecule has 1 aliphatic heterocycles. The summed E-state index contributed by atoms with van der Waals surface area (Å²) in [5.41, 5.74) is 5.95. The standard InChI is InChI=1S/C16H24N2O3S.ClH/c1-12(2)22(20,21)15-6-4-3-5-14(15)16(19)18-9-7-13(11-17)8-10-18;/h3-6,12-13H,7-11,17H2,1-2H3;1H. The Balaban J connectivity index is 0.00000264. The fourth-order valence-electron chi connectivity index (χ4n) is 2.69. The number of hydrogen-bond donors (Lipinski definition) is 1. The average molecular weight is 361 g/mol. The van der Waals surface area contributed by atoms with Gasteiger partial charge >= 0.3 is 0 Å². The number of nitrogens with two attached hydrogens (primary N) is 1. The van der Waals surface area contributed by atoms with Crippen molar-refractivity contribution in [3.05, 3.63) is 29.8 Å². The minimum atomic E-state index is -3.47. The summed E-state index contributed by atoms with van der Waals surface area (Å²) >= 11 is 0. The van der Waals surface area contributed by atoms with Crippen molar-refractivity contribution in [2.24, 2.45) is 11.7 Å². The Hall–Kier alpha value is -1.11. The lowest BCUT2D eigenvalue weighted by Gasteiger charge is -2.32. The lowest BCUT2D eigenvalue weighted by Crippen LogP contribution is -2.40. The number of rotatable bonds is 4. The number of amides is 1. The monoisotopic (exact) mass is 360 g/mol. The van der Waals surface area contributed by atoms with Crippen LogP contribution in [-0.2, 0) is 9.84 Å². The number of halogens is 1. The second-order valence-electron chi connectivity index (χ2n) is 6.06. The van der Waals surface area contributed by atoms with E-state index in [0.29, 0.717) is 25.6 Å². The third-order valence-corrected chi connectivity index (χ3v) is 6.49. The summed E-state index contributed by atoms with van der Waals surface area (Å²) in [4.78, 5) is 14.6. The number of piperidine rings is 1. The average Bonchev–Trinajstić information content (AvgIpc) is 2.54. The molecule has 1 saturated heterocycles. The number of nitrogens with zero attached hydrogens (tertiary/aromatic N) is 1. The van der Waals surface area contributed by atoms with Gasteiger partial charge in [-0.25, -0.2) is 8.42 Å². The number of benzene rings is 1. The fraction of sp³-hybridized carbons (Fsp3) is 0.562. The summed E-state index contributed by atoms with van der Waals surface area (Å²) in [6.45, 7) is 5.17. The predicted molar refractivity (Wildman–Crippen MR) is 93.7 cm³/mol. The van der Waals surface area contributed by atoms with Crippen LogP contribution in [0.3, 0.4) is 0 Å². The van der Waals surface area contributed by atoms with E-state index in [4.69, 9.17) is 5.73 Å². The first kappa shape index (κ1) is 19.9. The maximum absolute atomic E-state index is 12.7. The largest absolute Gasteiger partial charge is 0.339 e. The topological polar surface area (TPSA) is 80.5 Å². The highest BCUT2D eigenvalue weighted by molar-refractivity contribution is 7.92. The number of carbonyl (C=O) groups excluding carboxylic acids is 1. The van der Waals surface area contributed by atoms with Crippen molar-refractivity contribution in [1.29, 1.82) is 0 Å². The van der Waals surface area contributed by atoms with Crippen LogP contribution in [0.1, 0.15) is 37.0 Å². The molecule has 23 heavy (non-hydrogen) atoms. The summed E-state index contributed by atoms with van der Waals surface area (Å²) in [6.07, 6.45) is 1.75. The third-order valence-electron chi connectivity index (χ3n) is 4.28. The van der Waals surface area contributed by atoms with Gasteiger partial charge in [0.2, 0.25) is 0 Å². The van der Waals surface area contributed by atoms with Crippen LogP contribution in [-0.4, -0.2) is 44.1 Å². The molecule has 2 rings (SSSR count). The predicted octanol–water partition coefficient (Wildman–Crippen LogP) is 2.10. The highest BCUT2D eigenvalue weighted by Gasteiger charge is 2.29. The molecule has 1 aliphatic rings. The van der Waals surface area contributed by atoms with Gasteiger partial charge in [0.1, 0.15) is 0 Å². The molecule has 1 aromatic rings. The van der Waals surface area contributed by atoms with Crippen molar-refractivity contribution in [2.45, 2.75) is 36.8 Å². The quantitative estimate of drug-likeness (QED) is 0.891. The molecule has 1 fully saturated rings. The van der Waals surface area contributed by atoms with E-state index >= 15 is 0 Å². The van der Waals surface area contributed by atoms with Crippen LogP contribution in [0, 0.1) is 5.92 Å². The van der Waals surface area contributed by atoms with Gasteiger partial charge in [-0.2, -0.15) is 0 Å². The van der Waals surface area contributed by atoms with Crippen LogP contribution in [0.25, 0.3) is 0 Å². The SMILES string of the molecule is CC(C)S(=O)(=O)c1ccccc1C(=O)N1CCC(CN)CC1.Cl. The molecule has 0 bridgehead atoms. The maximum atomic E-state index is 12.7. The maximum Gasteiger partial charge on any atom is 0.255 e. The van der Waals surface area contributed by atoms with Gasteiger partial charge in [0, 0.05) is 13.1 Å². The van der Waals surface area contributed by atoms with Gasteiger partial charge in [0.25, 0.3) is 5.91 Å².